The van der Waals surface area contributed by atoms with Crippen LogP contribution in [-0.2, 0) is 9.59 Å². The van der Waals surface area contributed by atoms with Crippen LogP contribution in [0.3, 0.4) is 0 Å². The standard InChI is InChI=1S/C20H33N3O3/c24-17(2-1-14-3-5-21-6-4-14)23-20-10-15-7-16(11-20)9-19(8-15,13-20)22-12-18(25)26/h14-16,21-22H,1-13H2,(H,23,24)(H,25,26). The Morgan fingerprint density at radius 1 is 1.04 bits per heavy atom. The Kier molecular flexibility index (Phi) is 4.99. The van der Waals surface area contributed by atoms with Gasteiger partial charge in [-0.1, -0.05) is 0 Å². The molecule has 4 aliphatic carbocycles. The Balaban J connectivity index is 1.36. The van der Waals surface area contributed by atoms with Crippen LogP contribution in [0.1, 0.15) is 64.2 Å². The van der Waals surface area contributed by atoms with Crippen LogP contribution in [0.15, 0.2) is 0 Å². The lowest BCUT2D eigenvalue weighted by atomic mass is 9.50. The van der Waals surface area contributed by atoms with Crippen LogP contribution >= 0.6 is 0 Å². The first-order valence-electron chi connectivity index (χ1n) is 10.4. The van der Waals surface area contributed by atoms with Crippen molar-refractivity contribution in [1.82, 2.24) is 16.0 Å². The van der Waals surface area contributed by atoms with Gasteiger partial charge in [-0.25, -0.2) is 0 Å². The van der Waals surface area contributed by atoms with Crippen LogP contribution in [0.25, 0.3) is 0 Å². The van der Waals surface area contributed by atoms with E-state index in [9.17, 15) is 9.59 Å². The molecule has 4 saturated carbocycles. The van der Waals surface area contributed by atoms with Crippen molar-refractivity contribution in [2.24, 2.45) is 17.8 Å². The van der Waals surface area contributed by atoms with Crippen molar-refractivity contribution >= 4 is 11.9 Å². The van der Waals surface area contributed by atoms with E-state index in [4.69, 9.17) is 5.11 Å². The summed E-state index contributed by atoms with van der Waals surface area (Å²) in [5, 5.41) is 19.2. The molecule has 0 aromatic carbocycles. The van der Waals surface area contributed by atoms with Crippen molar-refractivity contribution in [3.05, 3.63) is 0 Å². The third kappa shape index (κ3) is 3.91. The van der Waals surface area contributed by atoms with E-state index < -0.39 is 5.97 Å². The molecular formula is C20H33N3O3. The van der Waals surface area contributed by atoms with Crippen molar-refractivity contribution in [2.75, 3.05) is 19.6 Å². The van der Waals surface area contributed by atoms with Crippen LogP contribution in [0.4, 0.5) is 0 Å². The molecule has 1 aliphatic heterocycles. The van der Waals surface area contributed by atoms with Gasteiger partial charge in [0.25, 0.3) is 0 Å². The van der Waals surface area contributed by atoms with Crippen molar-refractivity contribution in [1.29, 1.82) is 0 Å². The number of carboxylic acids is 1. The van der Waals surface area contributed by atoms with E-state index >= 15 is 0 Å². The quantitative estimate of drug-likeness (QED) is 0.552. The zero-order valence-electron chi connectivity index (χ0n) is 15.7. The molecule has 0 radical (unpaired) electrons. The average molecular weight is 364 g/mol. The molecule has 0 spiro atoms. The Labute approximate surface area is 155 Å². The summed E-state index contributed by atoms with van der Waals surface area (Å²) < 4.78 is 0. The minimum absolute atomic E-state index is 0.0270. The summed E-state index contributed by atoms with van der Waals surface area (Å²) in [6.07, 6.45) is 10.5. The molecule has 6 nitrogen and oxygen atoms in total. The van der Waals surface area contributed by atoms with Gasteiger partial charge in [-0.3, -0.25) is 9.59 Å². The molecule has 1 saturated heterocycles. The molecule has 5 rings (SSSR count). The number of aliphatic carboxylic acids is 1. The van der Waals surface area contributed by atoms with Crippen molar-refractivity contribution in [2.45, 2.75) is 75.3 Å². The molecule has 4 bridgehead atoms. The average Bonchev–Trinajstić information content (AvgIpc) is 2.58. The fraction of sp³-hybridized carbons (Fsp3) is 0.900. The van der Waals surface area contributed by atoms with Gasteiger partial charge >= 0.3 is 5.97 Å². The summed E-state index contributed by atoms with van der Waals surface area (Å²) in [4.78, 5) is 23.7. The molecule has 0 aromatic heterocycles. The van der Waals surface area contributed by atoms with Crippen LogP contribution in [-0.4, -0.2) is 47.7 Å². The fourth-order valence-electron chi connectivity index (χ4n) is 6.74. The molecule has 5 aliphatic rings. The maximum atomic E-state index is 12.7. The van der Waals surface area contributed by atoms with Crippen molar-refractivity contribution in [3.63, 3.8) is 0 Å². The first-order chi connectivity index (χ1) is 12.5. The highest BCUT2D eigenvalue weighted by atomic mass is 16.4. The smallest absolute Gasteiger partial charge is 0.317 e. The van der Waals surface area contributed by atoms with Crippen LogP contribution < -0.4 is 16.0 Å². The lowest BCUT2D eigenvalue weighted by Crippen LogP contribution is -2.69. The van der Waals surface area contributed by atoms with Gasteiger partial charge in [-0.15, -0.1) is 0 Å². The molecule has 5 fully saturated rings. The van der Waals surface area contributed by atoms with E-state index in [-0.39, 0.29) is 23.5 Å². The van der Waals surface area contributed by atoms with E-state index in [2.05, 4.69) is 16.0 Å². The topological polar surface area (TPSA) is 90.5 Å². The predicted octanol–water partition coefficient (Wildman–Crippen LogP) is 1.65. The summed E-state index contributed by atoms with van der Waals surface area (Å²) in [5.74, 6) is 1.35. The third-order valence-corrected chi connectivity index (χ3v) is 7.32. The molecular weight excluding hydrogens is 330 g/mol. The van der Waals surface area contributed by atoms with Gasteiger partial charge in [0.15, 0.2) is 0 Å². The molecule has 26 heavy (non-hydrogen) atoms. The second-order valence-electron chi connectivity index (χ2n) is 9.55. The summed E-state index contributed by atoms with van der Waals surface area (Å²) >= 11 is 0. The Hall–Kier alpha value is -1.14. The first kappa shape index (κ1) is 18.2. The van der Waals surface area contributed by atoms with Crippen molar-refractivity contribution < 1.29 is 14.7 Å². The van der Waals surface area contributed by atoms with E-state index in [1.807, 2.05) is 0 Å². The lowest BCUT2D eigenvalue weighted by molar-refractivity contribution is -0.138. The Morgan fingerprint density at radius 2 is 1.69 bits per heavy atom. The van der Waals surface area contributed by atoms with Crippen molar-refractivity contribution in [3.8, 4) is 0 Å². The predicted molar refractivity (Wildman–Crippen MR) is 98.8 cm³/mol. The molecule has 6 heteroatoms. The van der Waals surface area contributed by atoms with E-state index in [0.29, 0.717) is 24.2 Å². The molecule has 1 heterocycles. The zero-order valence-corrected chi connectivity index (χ0v) is 15.7. The van der Waals surface area contributed by atoms with E-state index in [1.54, 1.807) is 0 Å². The second kappa shape index (κ2) is 7.12. The second-order valence-corrected chi connectivity index (χ2v) is 9.55. The van der Waals surface area contributed by atoms with Crippen LogP contribution in [0.5, 0.6) is 0 Å². The van der Waals surface area contributed by atoms with Gasteiger partial charge in [0, 0.05) is 17.5 Å². The van der Waals surface area contributed by atoms with Gasteiger partial charge in [0.2, 0.25) is 5.91 Å². The number of rotatable bonds is 7. The molecule has 1 amide bonds. The highest BCUT2D eigenvalue weighted by Gasteiger charge is 2.58. The number of piperidine rings is 1. The number of hydrogen-bond donors (Lipinski definition) is 4. The summed E-state index contributed by atoms with van der Waals surface area (Å²) in [6.45, 7) is 2.19. The normalized spacial score (nSPS) is 39.1. The molecule has 2 unspecified atom stereocenters. The SMILES string of the molecule is O=C(O)CNC12CC3CC(C1)CC(NC(=O)CCC1CCNCC1)(C3)C2. The fourth-order valence-corrected chi connectivity index (χ4v) is 6.74. The minimum Gasteiger partial charge on any atom is -0.480 e. The summed E-state index contributed by atoms with van der Waals surface area (Å²) in [7, 11) is 0. The third-order valence-electron chi connectivity index (χ3n) is 7.32. The largest absolute Gasteiger partial charge is 0.480 e. The number of carboxylic acid groups (broad SMARTS) is 1. The van der Waals surface area contributed by atoms with Gasteiger partial charge in [0.05, 0.1) is 6.54 Å². The number of nitrogens with one attached hydrogen (secondary N) is 3. The zero-order chi connectivity index (χ0) is 18.2. The Bertz CT molecular complexity index is 545. The number of carbonyl (C=O) groups excluding carboxylic acids is 1. The summed E-state index contributed by atoms with van der Waals surface area (Å²) in [5.41, 5.74) is -0.175. The van der Waals surface area contributed by atoms with Gasteiger partial charge in [-0.05, 0) is 88.6 Å². The minimum atomic E-state index is -0.791. The maximum Gasteiger partial charge on any atom is 0.317 e. The maximum absolute atomic E-state index is 12.7. The summed E-state index contributed by atoms with van der Waals surface area (Å²) in [6, 6.07) is 0. The van der Waals surface area contributed by atoms with Crippen LogP contribution in [0, 0.1) is 17.8 Å². The van der Waals surface area contributed by atoms with Gasteiger partial charge < -0.3 is 21.1 Å². The number of carbonyl (C=O) groups is 2. The molecule has 146 valence electrons. The highest BCUT2D eigenvalue weighted by molar-refractivity contribution is 5.77. The van der Waals surface area contributed by atoms with Gasteiger partial charge in [-0.2, -0.15) is 0 Å². The molecule has 2 atom stereocenters. The van der Waals surface area contributed by atoms with Crippen LogP contribution in [0.2, 0.25) is 0 Å². The lowest BCUT2D eigenvalue weighted by Gasteiger charge is -2.62. The van der Waals surface area contributed by atoms with E-state index in [0.717, 1.165) is 51.6 Å². The monoisotopic (exact) mass is 363 g/mol. The first-order valence-corrected chi connectivity index (χ1v) is 10.4. The number of amides is 1. The Morgan fingerprint density at radius 3 is 2.35 bits per heavy atom. The van der Waals surface area contributed by atoms with E-state index in [1.165, 1.54) is 19.3 Å². The molecule has 4 N–H and O–H groups in total. The highest BCUT2D eigenvalue weighted by Crippen LogP contribution is 2.57. The number of hydrogen-bond acceptors (Lipinski definition) is 4. The van der Waals surface area contributed by atoms with Gasteiger partial charge in [0.1, 0.15) is 0 Å². The molecule has 0 aromatic rings.